The number of rotatable bonds is 16. The zero-order valence-electron chi connectivity index (χ0n) is 20.7. The van der Waals surface area contributed by atoms with Gasteiger partial charge in [-0.3, -0.25) is 10.1 Å². The fourth-order valence-electron chi connectivity index (χ4n) is 4.79. The van der Waals surface area contributed by atoms with Crippen molar-refractivity contribution in [1.29, 1.82) is 0 Å². The van der Waals surface area contributed by atoms with E-state index in [0.717, 1.165) is 48.9 Å². The molecule has 8 heteroatoms. The summed E-state index contributed by atoms with van der Waals surface area (Å²) in [6.45, 7) is 8.49. The van der Waals surface area contributed by atoms with E-state index in [2.05, 4.69) is 13.8 Å². The van der Waals surface area contributed by atoms with Crippen LogP contribution in [-0.2, 0) is 16.6 Å². The number of benzene rings is 1. The van der Waals surface area contributed by atoms with Gasteiger partial charge in [0.2, 0.25) is 10.0 Å². The second-order valence-corrected chi connectivity index (χ2v) is 11.7. The van der Waals surface area contributed by atoms with Gasteiger partial charge >= 0.3 is 0 Å². The minimum Gasteiger partial charge on any atom is -0.318 e. The Kier molecular flexibility index (Phi) is 11.8. The number of non-ortho nitro benzene ring substituents is 1. The van der Waals surface area contributed by atoms with Crippen LogP contribution in [0.5, 0.6) is 0 Å². The molecule has 2 rings (SSSR count). The highest BCUT2D eigenvalue weighted by Gasteiger charge is 2.36. The highest BCUT2D eigenvalue weighted by molar-refractivity contribution is 7.89. The Balaban J connectivity index is 1.73. The van der Waals surface area contributed by atoms with E-state index in [4.69, 9.17) is 0 Å². The van der Waals surface area contributed by atoms with Gasteiger partial charge in [0, 0.05) is 17.7 Å². The molecule has 7 nitrogen and oxygen atoms in total. The van der Waals surface area contributed by atoms with Gasteiger partial charge in [-0.25, -0.2) is 8.42 Å². The third kappa shape index (κ3) is 9.33. The van der Waals surface area contributed by atoms with E-state index in [0.29, 0.717) is 19.6 Å². The first-order valence-electron chi connectivity index (χ1n) is 12.9. The standard InChI is InChI=1S/C25H44N3O4S/c1-3-5-6-7-8-9-10-11-12-13-21-33(31,32)26-17-19-28(4-2,20-18-26)23-24-15-14-16-25(22-24)27(29)30/h14-16,22H,3-13,17-21,23H2,1-2H3/q+1. The van der Waals surface area contributed by atoms with Crippen LogP contribution in [-0.4, -0.2) is 60.6 Å². The van der Waals surface area contributed by atoms with E-state index in [1.165, 1.54) is 51.0 Å². The number of nitro benzene ring substituents is 1. The maximum atomic E-state index is 12.8. The van der Waals surface area contributed by atoms with E-state index in [1.54, 1.807) is 16.4 Å². The quantitative estimate of drug-likeness (QED) is 0.135. The van der Waals surface area contributed by atoms with Crippen LogP contribution in [0.3, 0.4) is 0 Å². The number of piperazine rings is 1. The van der Waals surface area contributed by atoms with Crippen LogP contribution < -0.4 is 0 Å². The molecule has 0 amide bonds. The molecule has 188 valence electrons. The smallest absolute Gasteiger partial charge is 0.269 e. The summed E-state index contributed by atoms with van der Waals surface area (Å²) in [5.74, 6) is 0.251. The van der Waals surface area contributed by atoms with Crippen LogP contribution in [0.25, 0.3) is 0 Å². The fraction of sp³-hybridized carbons (Fsp3) is 0.760. The predicted octanol–water partition coefficient (Wildman–Crippen LogP) is 5.50. The van der Waals surface area contributed by atoms with Crippen molar-refractivity contribution in [2.75, 3.05) is 38.5 Å². The van der Waals surface area contributed by atoms with Gasteiger partial charge in [0.1, 0.15) is 6.54 Å². The van der Waals surface area contributed by atoms with E-state index in [1.807, 2.05) is 6.07 Å². The second-order valence-electron chi connectivity index (χ2n) is 9.59. The summed E-state index contributed by atoms with van der Waals surface area (Å²) >= 11 is 0. The van der Waals surface area contributed by atoms with Crippen LogP contribution in [0.15, 0.2) is 24.3 Å². The van der Waals surface area contributed by atoms with E-state index >= 15 is 0 Å². The number of unbranched alkanes of at least 4 members (excludes halogenated alkanes) is 9. The normalized spacial score (nSPS) is 16.7. The fourth-order valence-corrected chi connectivity index (χ4v) is 6.34. The van der Waals surface area contributed by atoms with Crippen molar-refractivity contribution in [1.82, 2.24) is 4.31 Å². The molecule has 0 aromatic heterocycles. The molecular weight excluding hydrogens is 438 g/mol. The summed E-state index contributed by atoms with van der Waals surface area (Å²) in [5.41, 5.74) is 1.05. The highest BCUT2D eigenvalue weighted by Crippen LogP contribution is 2.23. The zero-order valence-corrected chi connectivity index (χ0v) is 21.5. The van der Waals surface area contributed by atoms with Gasteiger partial charge in [-0.2, -0.15) is 4.31 Å². The van der Waals surface area contributed by atoms with Crippen molar-refractivity contribution in [2.24, 2.45) is 0 Å². The molecule has 1 heterocycles. The van der Waals surface area contributed by atoms with Gasteiger partial charge < -0.3 is 4.48 Å². The maximum Gasteiger partial charge on any atom is 0.269 e. The average molecular weight is 483 g/mol. The molecule has 1 fully saturated rings. The van der Waals surface area contributed by atoms with E-state index in [-0.39, 0.29) is 16.4 Å². The molecule has 0 spiro atoms. The Morgan fingerprint density at radius 1 is 0.939 bits per heavy atom. The molecule has 0 bridgehead atoms. The molecule has 0 N–H and O–H groups in total. The van der Waals surface area contributed by atoms with Crippen LogP contribution in [0.1, 0.15) is 83.6 Å². The zero-order chi connectivity index (χ0) is 24.2. The van der Waals surface area contributed by atoms with Crippen molar-refractivity contribution in [3.63, 3.8) is 0 Å². The molecule has 33 heavy (non-hydrogen) atoms. The third-order valence-corrected chi connectivity index (χ3v) is 9.06. The number of nitro groups is 1. The number of nitrogens with zero attached hydrogens (tertiary/aromatic N) is 3. The Morgan fingerprint density at radius 3 is 2.06 bits per heavy atom. The van der Waals surface area contributed by atoms with Gasteiger partial charge in [-0.15, -0.1) is 0 Å². The van der Waals surface area contributed by atoms with Crippen molar-refractivity contribution in [2.45, 2.75) is 84.6 Å². The van der Waals surface area contributed by atoms with Crippen LogP contribution in [0.4, 0.5) is 5.69 Å². The van der Waals surface area contributed by atoms with Crippen LogP contribution in [0, 0.1) is 10.1 Å². The Labute approximate surface area is 201 Å². The number of quaternary nitrogens is 1. The topological polar surface area (TPSA) is 80.5 Å². The average Bonchev–Trinajstić information content (AvgIpc) is 2.80. The van der Waals surface area contributed by atoms with Gasteiger partial charge in [-0.1, -0.05) is 76.8 Å². The molecule has 0 atom stereocenters. The van der Waals surface area contributed by atoms with Crippen LogP contribution in [0.2, 0.25) is 0 Å². The van der Waals surface area contributed by atoms with Crippen molar-refractivity contribution < 1.29 is 17.8 Å². The minimum atomic E-state index is -3.21. The lowest BCUT2D eigenvalue weighted by Crippen LogP contribution is -2.60. The van der Waals surface area contributed by atoms with Gasteiger partial charge in [-0.05, 0) is 13.3 Å². The van der Waals surface area contributed by atoms with E-state index in [9.17, 15) is 18.5 Å². The molecule has 1 aliphatic rings. The maximum absolute atomic E-state index is 12.8. The molecule has 0 radical (unpaired) electrons. The number of likely N-dealkylation sites (N-methyl/N-ethyl adjacent to an activating group) is 1. The Morgan fingerprint density at radius 2 is 1.52 bits per heavy atom. The number of hydrogen-bond donors (Lipinski definition) is 0. The summed E-state index contributed by atoms with van der Waals surface area (Å²) in [4.78, 5) is 10.7. The first-order valence-corrected chi connectivity index (χ1v) is 14.5. The minimum absolute atomic E-state index is 0.111. The molecule has 0 saturated carbocycles. The molecule has 1 aromatic carbocycles. The van der Waals surface area contributed by atoms with Crippen molar-refractivity contribution >= 4 is 15.7 Å². The Hall–Kier alpha value is -1.51. The molecular formula is C25H44N3O4S+. The molecule has 0 aliphatic carbocycles. The summed E-state index contributed by atoms with van der Waals surface area (Å²) in [7, 11) is -3.21. The van der Waals surface area contributed by atoms with Crippen molar-refractivity contribution in [3.05, 3.63) is 39.9 Å². The molecule has 0 unspecified atom stereocenters. The monoisotopic (exact) mass is 482 g/mol. The second kappa shape index (κ2) is 14.0. The summed E-state index contributed by atoms with van der Waals surface area (Å²) in [6, 6.07) is 6.81. The molecule has 1 aromatic rings. The van der Waals surface area contributed by atoms with Gasteiger partial charge in [0.15, 0.2) is 0 Å². The lowest BCUT2D eigenvalue weighted by atomic mass is 10.1. The molecule has 1 saturated heterocycles. The van der Waals surface area contributed by atoms with Crippen molar-refractivity contribution in [3.8, 4) is 0 Å². The van der Waals surface area contributed by atoms with E-state index < -0.39 is 10.0 Å². The first-order chi connectivity index (χ1) is 15.8. The van der Waals surface area contributed by atoms with Crippen LogP contribution >= 0.6 is 0 Å². The van der Waals surface area contributed by atoms with Gasteiger partial charge in [0.05, 0.1) is 43.4 Å². The lowest BCUT2D eigenvalue weighted by Gasteiger charge is -2.44. The summed E-state index contributed by atoms with van der Waals surface area (Å²) < 4.78 is 28.1. The predicted molar refractivity (Wildman–Crippen MR) is 135 cm³/mol. The largest absolute Gasteiger partial charge is 0.318 e. The highest BCUT2D eigenvalue weighted by atomic mass is 32.2. The lowest BCUT2D eigenvalue weighted by molar-refractivity contribution is -0.942. The SMILES string of the molecule is CCCCCCCCCCCCS(=O)(=O)N1CC[N+](CC)(Cc2cccc([N+](=O)[O-])c2)CC1. The third-order valence-electron chi connectivity index (χ3n) is 7.11. The number of sulfonamides is 1. The van der Waals surface area contributed by atoms with Gasteiger partial charge in [0.25, 0.3) is 5.69 Å². The Bertz CT molecular complexity index is 821. The number of hydrogen-bond acceptors (Lipinski definition) is 4. The summed E-state index contributed by atoms with van der Waals surface area (Å²) in [5, 5.41) is 11.1. The first kappa shape index (κ1) is 27.7. The molecule has 1 aliphatic heterocycles. The summed E-state index contributed by atoms with van der Waals surface area (Å²) in [6.07, 6.45) is 11.9.